The van der Waals surface area contributed by atoms with Crippen molar-refractivity contribution in [3.8, 4) is 17.2 Å². The molecule has 0 radical (unpaired) electrons. The third-order valence-electron chi connectivity index (χ3n) is 7.12. The predicted octanol–water partition coefficient (Wildman–Crippen LogP) is 2.40. The molecular weight excluding hydrogens is 428 g/mol. The summed E-state index contributed by atoms with van der Waals surface area (Å²) in [4.78, 5) is 0. The Bertz CT molecular complexity index is 1040. The molecule has 2 aromatic rings. The van der Waals surface area contributed by atoms with Crippen molar-refractivity contribution >= 4 is 12.2 Å². The lowest BCUT2D eigenvalue weighted by atomic mass is 9.61. The Hall–Kier alpha value is -2.62. The first-order valence-corrected chi connectivity index (χ1v) is 10.6. The van der Waals surface area contributed by atoms with E-state index >= 15 is 0 Å². The van der Waals surface area contributed by atoms with Crippen LogP contribution in [0, 0.1) is 0 Å². The number of aliphatic hydroxyl groups excluding tert-OH is 1. The first-order valence-electron chi connectivity index (χ1n) is 10.6. The minimum atomic E-state index is -2.16. The van der Waals surface area contributed by atoms with Crippen LogP contribution in [0.4, 0.5) is 0 Å². The summed E-state index contributed by atoms with van der Waals surface area (Å²) in [7, 11) is 0. The smallest absolute Gasteiger partial charge is 0.240 e. The summed E-state index contributed by atoms with van der Waals surface area (Å²) in [6, 6.07) is 11.0. The summed E-state index contributed by atoms with van der Waals surface area (Å²) in [5, 5.41) is 63.1. The molecule has 0 spiro atoms. The van der Waals surface area contributed by atoms with Crippen molar-refractivity contribution in [3.05, 3.63) is 53.6 Å². The van der Waals surface area contributed by atoms with Gasteiger partial charge in [-0.3, -0.25) is 0 Å². The maximum Gasteiger partial charge on any atom is 0.240 e. The van der Waals surface area contributed by atoms with Gasteiger partial charge in [0.1, 0.15) is 34.1 Å². The Kier molecular flexibility index (Phi) is 6.06. The molecule has 6 N–H and O–H groups in total. The Morgan fingerprint density at radius 1 is 0.758 bits per heavy atom. The van der Waals surface area contributed by atoms with E-state index in [2.05, 4.69) is 0 Å². The molecule has 8 heteroatoms. The van der Waals surface area contributed by atoms with Crippen LogP contribution in [0.5, 0.6) is 17.2 Å². The summed E-state index contributed by atoms with van der Waals surface area (Å²) in [5.41, 5.74) is -6.65. The van der Waals surface area contributed by atoms with Crippen LogP contribution >= 0.6 is 0 Å². The minimum Gasteiger partial charge on any atom is -0.508 e. The SMILES string of the molecule is CC1(O)C(C)(O)[C@](C)(O)C(C)(CO)O[C@@]1(C)Oc1cc(O)cc(/C=C/c2ccc(O)cc2)c1. The molecule has 1 aliphatic rings. The normalized spacial score (nSPS) is 36.8. The van der Waals surface area contributed by atoms with Gasteiger partial charge in [0.05, 0.1) is 6.61 Å². The molecule has 1 fully saturated rings. The summed E-state index contributed by atoms with van der Waals surface area (Å²) in [6.07, 6.45) is 3.50. The molecule has 180 valence electrons. The highest BCUT2D eigenvalue weighted by molar-refractivity contribution is 5.71. The highest BCUT2D eigenvalue weighted by Crippen LogP contribution is 2.53. The van der Waals surface area contributed by atoms with Crippen LogP contribution < -0.4 is 4.74 Å². The molecule has 8 nitrogen and oxygen atoms in total. The Balaban J connectivity index is 1.98. The molecule has 2 aromatic carbocycles. The zero-order valence-corrected chi connectivity index (χ0v) is 19.4. The monoisotopic (exact) mass is 460 g/mol. The molecule has 1 saturated heterocycles. The standard InChI is InChI=1S/C25H32O8/c1-21(15-26)22(2,29)23(3,30)24(4,31)25(5,33-21)32-20-13-17(12-19(28)14-20)7-6-16-8-10-18(27)11-9-16/h6-14,26-31H,15H2,1-5H3/b7-6+/t21?,22-,23?,24?,25-/m1/s1. The Labute approximate surface area is 193 Å². The maximum atomic E-state index is 11.3. The number of phenolic OH excluding ortho intramolecular Hbond substituents is 2. The predicted molar refractivity (Wildman–Crippen MR) is 123 cm³/mol. The van der Waals surface area contributed by atoms with Gasteiger partial charge in [-0.1, -0.05) is 24.3 Å². The van der Waals surface area contributed by atoms with Gasteiger partial charge < -0.3 is 40.1 Å². The van der Waals surface area contributed by atoms with E-state index in [0.29, 0.717) is 5.56 Å². The molecule has 0 amide bonds. The van der Waals surface area contributed by atoms with Crippen molar-refractivity contribution in [2.24, 2.45) is 0 Å². The van der Waals surface area contributed by atoms with E-state index in [1.54, 1.807) is 42.5 Å². The van der Waals surface area contributed by atoms with Crippen molar-refractivity contribution in [1.29, 1.82) is 0 Å². The second-order valence-corrected chi connectivity index (χ2v) is 9.44. The maximum absolute atomic E-state index is 11.3. The summed E-state index contributed by atoms with van der Waals surface area (Å²) in [6.45, 7) is 5.93. The van der Waals surface area contributed by atoms with E-state index in [1.807, 2.05) is 0 Å². The van der Waals surface area contributed by atoms with Crippen LogP contribution in [0.2, 0.25) is 0 Å². The average Bonchev–Trinajstić information content (AvgIpc) is 2.71. The molecule has 0 aromatic heterocycles. The number of ether oxygens (including phenoxy) is 2. The molecule has 3 rings (SSSR count). The lowest BCUT2D eigenvalue weighted by Gasteiger charge is -2.64. The van der Waals surface area contributed by atoms with Gasteiger partial charge in [0.25, 0.3) is 0 Å². The molecule has 0 saturated carbocycles. The van der Waals surface area contributed by atoms with Gasteiger partial charge in [0, 0.05) is 13.0 Å². The van der Waals surface area contributed by atoms with Crippen LogP contribution in [-0.2, 0) is 4.74 Å². The zero-order chi connectivity index (χ0) is 24.9. The van der Waals surface area contributed by atoms with Crippen LogP contribution in [0.1, 0.15) is 45.7 Å². The second kappa shape index (κ2) is 8.00. The van der Waals surface area contributed by atoms with Crippen molar-refractivity contribution < 1.29 is 40.1 Å². The molecule has 33 heavy (non-hydrogen) atoms. The van der Waals surface area contributed by atoms with Gasteiger partial charge in [-0.05, 0) is 63.1 Å². The fourth-order valence-corrected chi connectivity index (χ4v) is 4.13. The molecule has 5 atom stereocenters. The lowest BCUT2D eigenvalue weighted by molar-refractivity contribution is -0.441. The van der Waals surface area contributed by atoms with E-state index in [9.17, 15) is 30.6 Å². The average molecular weight is 461 g/mol. The van der Waals surface area contributed by atoms with Crippen LogP contribution in [0.25, 0.3) is 12.2 Å². The third-order valence-corrected chi connectivity index (χ3v) is 7.12. The number of aromatic hydroxyl groups is 2. The van der Waals surface area contributed by atoms with Gasteiger partial charge in [-0.25, -0.2) is 0 Å². The number of benzene rings is 2. The number of hydrogen-bond acceptors (Lipinski definition) is 8. The summed E-state index contributed by atoms with van der Waals surface area (Å²) < 4.78 is 11.9. The van der Waals surface area contributed by atoms with E-state index in [-0.39, 0.29) is 17.2 Å². The topological polar surface area (TPSA) is 140 Å². The van der Waals surface area contributed by atoms with Crippen LogP contribution in [0.15, 0.2) is 42.5 Å². The summed E-state index contributed by atoms with van der Waals surface area (Å²) in [5.74, 6) is -1.76. The third kappa shape index (κ3) is 3.98. The Morgan fingerprint density at radius 2 is 1.33 bits per heavy atom. The van der Waals surface area contributed by atoms with Gasteiger partial charge in [0.15, 0.2) is 5.60 Å². The zero-order valence-electron chi connectivity index (χ0n) is 19.4. The highest BCUT2D eigenvalue weighted by Gasteiger charge is 2.75. The van der Waals surface area contributed by atoms with E-state index in [1.165, 1.54) is 46.8 Å². The van der Waals surface area contributed by atoms with Gasteiger partial charge in [0.2, 0.25) is 5.79 Å². The highest BCUT2D eigenvalue weighted by atomic mass is 16.7. The summed E-state index contributed by atoms with van der Waals surface area (Å²) >= 11 is 0. The number of aliphatic hydroxyl groups is 4. The van der Waals surface area contributed by atoms with E-state index in [0.717, 1.165) is 5.56 Å². The molecule has 3 unspecified atom stereocenters. The fraction of sp³-hybridized carbons (Fsp3) is 0.440. The first kappa shape index (κ1) is 25.0. The lowest BCUT2D eigenvalue weighted by Crippen LogP contribution is -2.85. The largest absolute Gasteiger partial charge is 0.508 e. The van der Waals surface area contributed by atoms with E-state index in [4.69, 9.17) is 9.47 Å². The number of rotatable bonds is 5. The van der Waals surface area contributed by atoms with Crippen molar-refractivity contribution in [2.75, 3.05) is 6.61 Å². The van der Waals surface area contributed by atoms with Crippen LogP contribution in [0.3, 0.4) is 0 Å². The first-order chi connectivity index (χ1) is 15.1. The molecule has 1 aliphatic heterocycles. The van der Waals surface area contributed by atoms with Gasteiger partial charge in [-0.2, -0.15) is 0 Å². The molecule has 0 bridgehead atoms. The fourth-order valence-electron chi connectivity index (χ4n) is 4.13. The molecule has 0 aliphatic carbocycles. The molecule has 1 heterocycles. The van der Waals surface area contributed by atoms with Gasteiger partial charge >= 0.3 is 0 Å². The van der Waals surface area contributed by atoms with Crippen molar-refractivity contribution in [2.45, 2.75) is 62.8 Å². The van der Waals surface area contributed by atoms with Crippen LogP contribution in [-0.4, -0.2) is 65.4 Å². The Morgan fingerprint density at radius 3 is 1.91 bits per heavy atom. The van der Waals surface area contributed by atoms with Crippen molar-refractivity contribution in [1.82, 2.24) is 0 Å². The second-order valence-electron chi connectivity index (χ2n) is 9.44. The van der Waals surface area contributed by atoms with Crippen molar-refractivity contribution in [3.63, 3.8) is 0 Å². The minimum absolute atomic E-state index is 0.111. The van der Waals surface area contributed by atoms with E-state index < -0.39 is 34.8 Å². The van der Waals surface area contributed by atoms with Gasteiger partial charge in [-0.15, -0.1) is 0 Å². The quantitative estimate of drug-likeness (QED) is 0.374. The number of hydrogen-bond donors (Lipinski definition) is 6. The molecular formula is C25H32O8. The number of phenols is 2.